The van der Waals surface area contributed by atoms with Crippen LogP contribution in [0, 0.1) is 5.92 Å². The molecule has 0 spiro atoms. The number of hydrogen-bond donors (Lipinski definition) is 1. The Labute approximate surface area is 120 Å². The highest BCUT2D eigenvalue weighted by Crippen LogP contribution is 2.44. The van der Waals surface area contributed by atoms with Crippen molar-refractivity contribution in [2.24, 2.45) is 16.6 Å². The monoisotopic (exact) mass is 273 g/mol. The molecule has 3 rings (SSSR count). The van der Waals surface area contributed by atoms with Gasteiger partial charge in [-0.25, -0.2) is 4.99 Å². The molecule has 1 heterocycles. The molecule has 2 fully saturated rings. The predicted octanol–water partition coefficient (Wildman–Crippen LogP) is 1.83. The SMILES string of the molecule is C[C@@H]1[C@H](N=C(N)N2CCOCC2)C[C@H]1c1ccccc1. The number of ether oxygens (including phenoxy) is 1. The van der Waals surface area contributed by atoms with Gasteiger partial charge in [-0.2, -0.15) is 0 Å². The first-order chi connectivity index (χ1) is 9.75. The Morgan fingerprint density at radius 3 is 2.60 bits per heavy atom. The van der Waals surface area contributed by atoms with Crippen molar-refractivity contribution in [2.75, 3.05) is 26.3 Å². The Balaban J connectivity index is 1.60. The standard InChI is InChI=1S/C16H23N3O/c1-12-14(13-5-3-2-4-6-13)11-15(12)18-16(17)19-7-9-20-10-8-19/h2-6,12,14-15H,7-11H2,1H3,(H2,17,18)/t12-,14+,15+/m0/s1. The molecule has 4 heteroatoms. The third kappa shape index (κ3) is 2.66. The number of aliphatic imine (C=N–C) groups is 1. The lowest BCUT2D eigenvalue weighted by molar-refractivity contribution is 0.0668. The van der Waals surface area contributed by atoms with E-state index in [1.54, 1.807) is 0 Å². The summed E-state index contributed by atoms with van der Waals surface area (Å²) in [5.41, 5.74) is 7.55. The summed E-state index contributed by atoms with van der Waals surface area (Å²) < 4.78 is 5.34. The van der Waals surface area contributed by atoms with E-state index in [4.69, 9.17) is 15.5 Å². The molecule has 0 amide bonds. The molecule has 0 aromatic heterocycles. The van der Waals surface area contributed by atoms with Crippen LogP contribution in [0.2, 0.25) is 0 Å². The van der Waals surface area contributed by atoms with Crippen LogP contribution in [0.25, 0.3) is 0 Å². The summed E-state index contributed by atoms with van der Waals surface area (Å²) in [6.07, 6.45) is 1.11. The summed E-state index contributed by atoms with van der Waals surface area (Å²) in [4.78, 5) is 6.86. The molecule has 108 valence electrons. The zero-order valence-corrected chi connectivity index (χ0v) is 12.0. The lowest BCUT2D eigenvalue weighted by atomic mass is 9.67. The summed E-state index contributed by atoms with van der Waals surface area (Å²) in [5.74, 6) is 1.89. The van der Waals surface area contributed by atoms with Crippen LogP contribution in [0.1, 0.15) is 24.8 Å². The van der Waals surface area contributed by atoms with Gasteiger partial charge in [-0.05, 0) is 23.8 Å². The second kappa shape index (κ2) is 5.83. The molecule has 2 N–H and O–H groups in total. The van der Waals surface area contributed by atoms with E-state index in [0.29, 0.717) is 23.8 Å². The molecule has 1 saturated carbocycles. The predicted molar refractivity (Wildman–Crippen MR) is 80.8 cm³/mol. The van der Waals surface area contributed by atoms with Crippen LogP contribution in [-0.2, 0) is 4.74 Å². The lowest BCUT2D eigenvalue weighted by Crippen LogP contribution is -2.47. The molecule has 1 aromatic carbocycles. The van der Waals surface area contributed by atoms with Gasteiger partial charge >= 0.3 is 0 Å². The number of benzene rings is 1. The number of morpholine rings is 1. The minimum absolute atomic E-state index is 0.364. The Morgan fingerprint density at radius 1 is 1.25 bits per heavy atom. The van der Waals surface area contributed by atoms with Crippen molar-refractivity contribution in [1.29, 1.82) is 0 Å². The molecule has 1 aliphatic heterocycles. The minimum Gasteiger partial charge on any atom is -0.378 e. The van der Waals surface area contributed by atoms with Gasteiger partial charge in [0, 0.05) is 13.1 Å². The van der Waals surface area contributed by atoms with Crippen LogP contribution in [0.3, 0.4) is 0 Å². The van der Waals surface area contributed by atoms with E-state index in [2.05, 4.69) is 42.2 Å². The maximum atomic E-state index is 6.13. The van der Waals surface area contributed by atoms with Crippen molar-refractivity contribution in [1.82, 2.24) is 4.90 Å². The molecule has 20 heavy (non-hydrogen) atoms. The van der Waals surface area contributed by atoms with Crippen molar-refractivity contribution < 1.29 is 4.74 Å². The first kappa shape index (κ1) is 13.4. The summed E-state index contributed by atoms with van der Waals surface area (Å²) in [6.45, 7) is 5.51. The number of guanidine groups is 1. The third-order valence-electron chi connectivity index (χ3n) is 4.60. The highest BCUT2D eigenvalue weighted by Gasteiger charge is 2.38. The van der Waals surface area contributed by atoms with Gasteiger partial charge in [0.05, 0.1) is 19.3 Å². The average Bonchev–Trinajstić information content (AvgIpc) is 2.52. The molecule has 1 aromatic rings. The summed E-state index contributed by atoms with van der Waals surface area (Å²) in [5, 5.41) is 0. The van der Waals surface area contributed by atoms with Crippen LogP contribution >= 0.6 is 0 Å². The molecular weight excluding hydrogens is 250 g/mol. The Bertz CT molecular complexity index is 468. The number of rotatable bonds is 2. The zero-order valence-electron chi connectivity index (χ0n) is 12.0. The van der Waals surface area contributed by atoms with Crippen LogP contribution in [-0.4, -0.2) is 43.2 Å². The summed E-state index contributed by atoms with van der Waals surface area (Å²) in [7, 11) is 0. The Morgan fingerprint density at radius 2 is 1.95 bits per heavy atom. The van der Waals surface area contributed by atoms with Gasteiger partial charge in [-0.15, -0.1) is 0 Å². The van der Waals surface area contributed by atoms with E-state index >= 15 is 0 Å². The van der Waals surface area contributed by atoms with Crippen LogP contribution in [0.15, 0.2) is 35.3 Å². The van der Waals surface area contributed by atoms with E-state index < -0.39 is 0 Å². The normalized spacial score (nSPS) is 30.9. The van der Waals surface area contributed by atoms with Gasteiger partial charge in [0.2, 0.25) is 0 Å². The molecule has 0 unspecified atom stereocenters. The average molecular weight is 273 g/mol. The second-order valence-corrected chi connectivity index (χ2v) is 5.77. The molecule has 1 aliphatic carbocycles. The van der Waals surface area contributed by atoms with E-state index in [1.165, 1.54) is 5.56 Å². The fraction of sp³-hybridized carbons (Fsp3) is 0.562. The van der Waals surface area contributed by atoms with E-state index in [1.807, 2.05) is 0 Å². The molecule has 1 saturated heterocycles. The Hall–Kier alpha value is -1.55. The second-order valence-electron chi connectivity index (χ2n) is 5.77. The molecular formula is C16H23N3O. The highest BCUT2D eigenvalue weighted by atomic mass is 16.5. The lowest BCUT2D eigenvalue weighted by Gasteiger charge is -2.41. The topological polar surface area (TPSA) is 50.8 Å². The number of nitrogens with zero attached hydrogens (tertiary/aromatic N) is 2. The molecule has 4 nitrogen and oxygen atoms in total. The van der Waals surface area contributed by atoms with E-state index in [-0.39, 0.29) is 0 Å². The fourth-order valence-electron chi connectivity index (χ4n) is 3.12. The van der Waals surface area contributed by atoms with E-state index in [0.717, 1.165) is 32.7 Å². The van der Waals surface area contributed by atoms with Gasteiger partial charge in [-0.1, -0.05) is 37.3 Å². The molecule has 2 aliphatic rings. The third-order valence-corrected chi connectivity index (χ3v) is 4.60. The smallest absolute Gasteiger partial charge is 0.191 e. The van der Waals surface area contributed by atoms with Crippen molar-refractivity contribution >= 4 is 5.96 Å². The first-order valence-electron chi connectivity index (χ1n) is 7.46. The van der Waals surface area contributed by atoms with Crippen molar-refractivity contribution in [3.8, 4) is 0 Å². The van der Waals surface area contributed by atoms with Crippen molar-refractivity contribution in [3.63, 3.8) is 0 Å². The van der Waals surface area contributed by atoms with Gasteiger partial charge in [-0.3, -0.25) is 0 Å². The maximum absolute atomic E-state index is 6.13. The fourth-order valence-corrected chi connectivity index (χ4v) is 3.12. The first-order valence-corrected chi connectivity index (χ1v) is 7.46. The number of hydrogen-bond acceptors (Lipinski definition) is 2. The van der Waals surface area contributed by atoms with Crippen LogP contribution in [0.4, 0.5) is 0 Å². The zero-order chi connectivity index (χ0) is 13.9. The molecule has 3 atom stereocenters. The summed E-state index contributed by atoms with van der Waals surface area (Å²) >= 11 is 0. The highest BCUT2D eigenvalue weighted by molar-refractivity contribution is 5.78. The quantitative estimate of drug-likeness (QED) is 0.660. The van der Waals surface area contributed by atoms with Gasteiger partial charge in [0.1, 0.15) is 0 Å². The van der Waals surface area contributed by atoms with Crippen molar-refractivity contribution in [3.05, 3.63) is 35.9 Å². The van der Waals surface area contributed by atoms with Crippen molar-refractivity contribution in [2.45, 2.75) is 25.3 Å². The van der Waals surface area contributed by atoms with Gasteiger partial charge < -0.3 is 15.4 Å². The van der Waals surface area contributed by atoms with Gasteiger partial charge in [0.25, 0.3) is 0 Å². The van der Waals surface area contributed by atoms with Gasteiger partial charge in [0.15, 0.2) is 5.96 Å². The summed E-state index contributed by atoms with van der Waals surface area (Å²) in [6, 6.07) is 11.1. The minimum atomic E-state index is 0.364. The molecule has 0 bridgehead atoms. The van der Waals surface area contributed by atoms with E-state index in [9.17, 15) is 0 Å². The van der Waals surface area contributed by atoms with Crippen LogP contribution in [0.5, 0.6) is 0 Å². The Kier molecular flexibility index (Phi) is 3.92. The largest absolute Gasteiger partial charge is 0.378 e. The van der Waals surface area contributed by atoms with Crippen LogP contribution < -0.4 is 5.73 Å². The molecule has 0 radical (unpaired) electrons. The number of nitrogens with two attached hydrogens (primary N) is 1. The maximum Gasteiger partial charge on any atom is 0.191 e.